The Morgan fingerprint density at radius 1 is 1.35 bits per heavy atom. The van der Waals surface area contributed by atoms with Crippen LogP contribution in [0.3, 0.4) is 0 Å². The topological polar surface area (TPSA) is 92.5 Å². The maximum atomic E-state index is 12.4. The van der Waals surface area contributed by atoms with Gasteiger partial charge in [-0.15, -0.1) is 12.4 Å². The molecule has 23 heavy (non-hydrogen) atoms. The molecule has 0 spiro atoms. The van der Waals surface area contributed by atoms with Gasteiger partial charge in [0.1, 0.15) is 0 Å². The zero-order valence-electron chi connectivity index (χ0n) is 13.8. The third-order valence-corrected chi connectivity index (χ3v) is 4.83. The summed E-state index contributed by atoms with van der Waals surface area (Å²) < 4.78 is 27.4. The van der Waals surface area contributed by atoms with Gasteiger partial charge in [0.25, 0.3) is 5.91 Å². The van der Waals surface area contributed by atoms with Crippen molar-refractivity contribution in [2.75, 3.05) is 20.6 Å². The predicted molar refractivity (Wildman–Crippen MR) is 94.4 cm³/mol. The Labute approximate surface area is 144 Å². The molecule has 0 heterocycles. The lowest BCUT2D eigenvalue weighted by atomic mass is 10.1. The van der Waals surface area contributed by atoms with Crippen LogP contribution in [0.5, 0.6) is 0 Å². The van der Waals surface area contributed by atoms with Gasteiger partial charge in [0.2, 0.25) is 10.0 Å². The first-order valence-corrected chi connectivity index (χ1v) is 8.84. The van der Waals surface area contributed by atoms with Gasteiger partial charge in [0.05, 0.1) is 4.90 Å². The fraction of sp³-hybridized carbons (Fsp3) is 0.533. The van der Waals surface area contributed by atoms with Crippen LogP contribution in [0.1, 0.15) is 36.5 Å². The fourth-order valence-electron chi connectivity index (χ4n) is 2.02. The molecule has 0 bridgehead atoms. The quantitative estimate of drug-likeness (QED) is 0.733. The van der Waals surface area contributed by atoms with E-state index in [1.165, 1.54) is 17.0 Å². The van der Waals surface area contributed by atoms with Gasteiger partial charge in [-0.3, -0.25) is 4.79 Å². The minimum atomic E-state index is -3.68. The second-order valence-electron chi connectivity index (χ2n) is 5.42. The first-order valence-electron chi connectivity index (χ1n) is 7.36. The molecule has 0 aromatic heterocycles. The molecule has 1 aromatic rings. The van der Waals surface area contributed by atoms with E-state index in [2.05, 4.69) is 4.72 Å². The second-order valence-corrected chi connectivity index (χ2v) is 7.14. The van der Waals surface area contributed by atoms with Gasteiger partial charge in [-0.2, -0.15) is 0 Å². The highest BCUT2D eigenvalue weighted by atomic mass is 35.5. The third-order valence-electron chi connectivity index (χ3n) is 3.31. The van der Waals surface area contributed by atoms with Crippen molar-refractivity contribution < 1.29 is 13.2 Å². The fourth-order valence-corrected chi connectivity index (χ4v) is 3.35. The predicted octanol–water partition coefficient (Wildman–Crippen LogP) is 1.61. The van der Waals surface area contributed by atoms with Crippen molar-refractivity contribution in [1.29, 1.82) is 0 Å². The van der Waals surface area contributed by atoms with E-state index < -0.39 is 10.0 Å². The van der Waals surface area contributed by atoms with E-state index in [1.807, 2.05) is 6.92 Å². The van der Waals surface area contributed by atoms with Crippen LogP contribution in [-0.4, -0.2) is 45.9 Å². The average molecular weight is 364 g/mol. The van der Waals surface area contributed by atoms with Crippen LogP contribution in [0.4, 0.5) is 0 Å². The number of amides is 1. The summed E-state index contributed by atoms with van der Waals surface area (Å²) in [6.45, 7) is 2.29. The third kappa shape index (κ3) is 6.47. The van der Waals surface area contributed by atoms with Gasteiger partial charge in [-0.1, -0.05) is 25.8 Å². The first kappa shape index (κ1) is 21.9. The molecule has 0 aliphatic heterocycles. The molecular weight excluding hydrogens is 338 g/mol. The molecule has 0 fully saturated rings. The second kappa shape index (κ2) is 9.87. The number of hydrogen-bond donors (Lipinski definition) is 2. The Bertz CT molecular complexity index is 606. The summed E-state index contributed by atoms with van der Waals surface area (Å²) >= 11 is 0. The normalized spacial score (nSPS) is 12.3. The molecule has 1 unspecified atom stereocenters. The molecule has 1 atom stereocenters. The number of halogens is 1. The lowest BCUT2D eigenvalue weighted by Crippen LogP contribution is -2.40. The highest BCUT2D eigenvalue weighted by molar-refractivity contribution is 7.89. The molecule has 132 valence electrons. The number of rotatable bonds is 8. The van der Waals surface area contributed by atoms with Crippen molar-refractivity contribution in [2.24, 2.45) is 5.73 Å². The Morgan fingerprint density at radius 3 is 2.52 bits per heavy atom. The van der Waals surface area contributed by atoms with Crippen LogP contribution in [0.2, 0.25) is 0 Å². The number of hydrogen-bond acceptors (Lipinski definition) is 4. The van der Waals surface area contributed by atoms with Gasteiger partial charge in [0, 0.05) is 32.2 Å². The van der Waals surface area contributed by atoms with Crippen LogP contribution in [0.15, 0.2) is 29.2 Å². The molecule has 1 amide bonds. The summed E-state index contributed by atoms with van der Waals surface area (Å²) in [4.78, 5) is 13.4. The zero-order chi connectivity index (χ0) is 16.8. The molecule has 0 aliphatic carbocycles. The van der Waals surface area contributed by atoms with Crippen LogP contribution >= 0.6 is 12.4 Å². The molecule has 3 N–H and O–H groups in total. The number of nitrogens with one attached hydrogen (secondary N) is 1. The number of nitrogens with zero attached hydrogens (tertiary/aromatic N) is 1. The van der Waals surface area contributed by atoms with Crippen molar-refractivity contribution in [3.63, 3.8) is 0 Å². The minimum Gasteiger partial charge on any atom is -0.345 e. The van der Waals surface area contributed by atoms with E-state index in [9.17, 15) is 13.2 Å². The van der Waals surface area contributed by atoms with Crippen molar-refractivity contribution in [2.45, 2.75) is 37.1 Å². The van der Waals surface area contributed by atoms with Crippen LogP contribution in [0.25, 0.3) is 0 Å². The van der Waals surface area contributed by atoms with E-state index in [-0.39, 0.29) is 35.8 Å². The van der Waals surface area contributed by atoms with Crippen molar-refractivity contribution in [3.8, 4) is 0 Å². The minimum absolute atomic E-state index is 0. The van der Waals surface area contributed by atoms with E-state index >= 15 is 0 Å². The average Bonchev–Trinajstić information content (AvgIpc) is 2.50. The summed E-state index contributed by atoms with van der Waals surface area (Å²) in [6.07, 6.45) is 2.58. The maximum Gasteiger partial charge on any atom is 0.253 e. The summed E-state index contributed by atoms with van der Waals surface area (Å²) in [5.41, 5.74) is 5.97. The lowest BCUT2D eigenvalue weighted by molar-refractivity contribution is 0.0827. The molecule has 0 saturated carbocycles. The van der Waals surface area contributed by atoms with Gasteiger partial charge in [-0.05, 0) is 24.6 Å². The lowest BCUT2D eigenvalue weighted by Gasteiger charge is -2.17. The molecule has 1 rings (SSSR count). The molecule has 0 aliphatic rings. The zero-order valence-corrected chi connectivity index (χ0v) is 15.4. The maximum absolute atomic E-state index is 12.4. The summed E-state index contributed by atoms with van der Waals surface area (Å²) in [5.74, 6) is -0.238. The summed E-state index contributed by atoms with van der Waals surface area (Å²) in [5, 5.41) is 0. The van der Waals surface area contributed by atoms with Gasteiger partial charge >= 0.3 is 0 Å². The van der Waals surface area contributed by atoms with E-state index in [0.29, 0.717) is 12.0 Å². The number of benzene rings is 1. The standard InChI is InChI=1S/C15H25N3O3S.ClH/c1-4-5-8-13(11-16)17-22(20,21)14-9-6-7-12(10-14)15(19)18(2)3;/h6-7,9-10,13,17H,4-5,8,11,16H2,1-3H3;1H. The first-order chi connectivity index (χ1) is 10.3. The molecule has 6 nitrogen and oxygen atoms in total. The van der Waals surface area contributed by atoms with Crippen molar-refractivity contribution in [1.82, 2.24) is 9.62 Å². The highest BCUT2D eigenvalue weighted by Crippen LogP contribution is 2.14. The number of nitrogens with two attached hydrogens (primary N) is 1. The van der Waals surface area contributed by atoms with Gasteiger partial charge in [-0.25, -0.2) is 13.1 Å². The number of sulfonamides is 1. The van der Waals surface area contributed by atoms with Gasteiger partial charge in [0.15, 0.2) is 0 Å². The number of carbonyl (C=O) groups excluding carboxylic acids is 1. The Hall–Kier alpha value is -1.15. The van der Waals surface area contributed by atoms with Crippen molar-refractivity contribution >= 4 is 28.3 Å². The summed E-state index contributed by atoms with van der Waals surface area (Å²) in [7, 11) is -0.441. The Balaban J connectivity index is 0.00000484. The van der Waals surface area contributed by atoms with E-state index in [4.69, 9.17) is 5.73 Å². The Kier molecular flexibility index (Phi) is 9.38. The summed E-state index contributed by atoms with van der Waals surface area (Å²) in [6, 6.07) is 5.73. The van der Waals surface area contributed by atoms with Crippen LogP contribution in [-0.2, 0) is 10.0 Å². The smallest absolute Gasteiger partial charge is 0.253 e. The number of unbranched alkanes of at least 4 members (excludes halogenated alkanes) is 1. The Morgan fingerprint density at radius 2 is 2.00 bits per heavy atom. The molecule has 8 heteroatoms. The molecule has 0 radical (unpaired) electrons. The molecule has 1 aromatic carbocycles. The highest BCUT2D eigenvalue weighted by Gasteiger charge is 2.20. The number of carbonyl (C=O) groups is 1. The SMILES string of the molecule is CCCCC(CN)NS(=O)(=O)c1cccc(C(=O)N(C)C)c1.Cl. The molecule has 0 saturated heterocycles. The monoisotopic (exact) mass is 363 g/mol. The van der Waals surface area contributed by atoms with E-state index in [0.717, 1.165) is 12.8 Å². The largest absolute Gasteiger partial charge is 0.345 e. The molecular formula is C15H26ClN3O3S. The van der Waals surface area contributed by atoms with E-state index in [1.54, 1.807) is 26.2 Å². The van der Waals surface area contributed by atoms with Crippen LogP contribution < -0.4 is 10.5 Å². The van der Waals surface area contributed by atoms with Gasteiger partial charge < -0.3 is 10.6 Å². The van der Waals surface area contributed by atoms with Crippen molar-refractivity contribution in [3.05, 3.63) is 29.8 Å². The van der Waals surface area contributed by atoms with Crippen LogP contribution in [0, 0.1) is 0 Å².